The van der Waals surface area contributed by atoms with Crippen LogP contribution in [0.5, 0.6) is 0 Å². The third kappa shape index (κ3) is 1.63. The Kier molecular flexibility index (Phi) is 2.67. The van der Waals surface area contributed by atoms with Gasteiger partial charge in [0.2, 0.25) is 0 Å². The molecular weight excluding hydrogens is 225 g/mol. The predicted octanol–water partition coefficient (Wildman–Crippen LogP) is 4.28. The topological polar surface area (TPSA) is 0 Å². The molecule has 2 atom stereocenters. The van der Waals surface area contributed by atoms with E-state index in [0.717, 1.165) is 0 Å². The third-order valence-corrected chi connectivity index (χ3v) is 3.34. The summed E-state index contributed by atoms with van der Waals surface area (Å²) >= 11 is 5.89. The second-order valence-corrected chi connectivity index (χ2v) is 4.45. The van der Waals surface area contributed by atoms with Gasteiger partial charge in [-0.05, 0) is 24.3 Å². The number of alkyl halides is 1. The Balaban J connectivity index is 2.71. The minimum absolute atomic E-state index is 0.00733. The van der Waals surface area contributed by atoms with Gasteiger partial charge in [0.05, 0.1) is 5.38 Å². The molecule has 1 aromatic carbocycles. The summed E-state index contributed by atoms with van der Waals surface area (Å²) in [6.45, 7) is 1.79. The Labute approximate surface area is 91.1 Å². The summed E-state index contributed by atoms with van der Waals surface area (Å²) in [5, 5.41) is -0.624. The summed E-state index contributed by atoms with van der Waals surface area (Å²) in [5.74, 6) is -2.96. The second-order valence-electron chi connectivity index (χ2n) is 3.93. The minimum atomic E-state index is -1.16. The van der Waals surface area contributed by atoms with E-state index >= 15 is 0 Å². The predicted molar refractivity (Wildman–Crippen MR) is 52.6 cm³/mol. The molecule has 2 unspecified atom stereocenters. The molecule has 0 amide bonds. The maximum Gasteiger partial charge on any atom is 0.164 e. The largest absolute Gasteiger partial charge is 0.207 e. The average Bonchev–Trinajstić information content (AvgIpc) is 2.18. The average molecular weight is 235 g/mol. The summed E-state index contributed by atoms with van der Waals surface area (Å²) in [6, 6.07) is 0.597. The molecule has 0 bridgehead atoms. The smallest absolute Gasteiger partial charge is 0.164 e. The van der Waals surface area contributed by atoms with Gasteiger partial charge in [-0.1, -0.05) is 6.92 Å². The Morgan fingerprint density at radius 2 is 1.80 bits per heavy atom. The summed E-state index contributed by atoms with van der Waals surface area (Å²) in [4.78, 5) is 0. The van der Waals surface area contributed by atoms with E-state index in [1.54, 1.807) is 6.92 Å². The number of benzene rings is 1. The van der Waals surface area contributed by atoms with Crippen molar-refractivity contribution in [3.8, 4) is 0 Å². The van der Waals surface area contributed by atoms with E-state index in [1.165, 1.54) is 0 Å². The molecule has 0 spiro atoms. The first kappa shape index (κ1) is 10.8. The van der Waals surface area contributed by atoms with Gasteiger partial charge in [0, 0.05) is 11.6 Å². The third-order valence-electron chi connectivity index (χ3n) is 2.91. The van der Waals surface area contributed by atoms with Crippen molar-refractivity contribution in [3.05, 3.63) is 34.6 Å². The number of halogens is 4. The summed E-state index contributed by atoms with van der Waals surface area (Å²) in [5.41, 5.74) is 0.244. The molecule has 82 valence electrons. The van der Waals surface area contributed by atoms with Crippen LogP contribution in [-0.4, -0.2) is 0 Å². The lowest BCUT2D eigenvalue weighted by Crippen LogP contribution is -2.15. The highest BCUT2D eigenvalue weighted by Crippen LogP contribution is 2.43. The highest BCUT2D eigenvalue weighted by molar-refractivity contribution is 6.21. The van der Waals surface area contributed by atoms with Crippen LogP contribution in [0.25, 0.3) is 0 Å². The van der Waals surface area contributed by atoms with E-state index in [1.807, 2.05) is 0 Å². The molecule has 4 heteroatoms. The zero-order chi connectivity index (χ0) is 11.2. The minimum Gasteiger partial charge on any atom is -0.207 e. The Morgan fingerprint density at radius 1 is 1.13 bits per heavy atom. The van der Waals surface area contributed by atoms with Gasteiger partial charge >= 0.3 is 0 Å². The van der Waals surface area contributed by atoms with Gasteiger partial charge in [-0.15, -0.1) is 11.6 Å². The number of hydrogen-bond acceptors (Lipinski definition) is 0. The molecule has 0 nitrogen and oxygen atoms in total. The van der Waals surface area contributed by atoms with E-state index in [4.69, 9.17) is 11.6 Å². The van der Waals surface area contributed by atoms with Gasteiger partial charge in [-0.25, -0.2) is 13.2 Å². The van der Waals surface area contributed by atoms with Crippen LogP contribution in [0.1, 0.15) is 42.2 Å². The Morgan fingerprint density at radius 3 is 2.47 bits per heavy atom. The Bertz CT molecular complexity index is 403. The molecule has 1 aliphatic carbocycles. The van der Waals surface area contributed by atoms with E-state index in [0.29, 0.717) is 18.9 Å². The highest BCUT2D eigenvalue weighted by Gasteiger charge is 2.31. The number of rotatable bonds is 0. The molecule has 0 aromatic heterocycles. The van der Waals surface area contributed by atoms with E-state index in [9.17, 15) is 13.2 Å². The normalized spacial score (nSPS) is 25.1. The van der Waals surface area contributed by atoms with E-state index in [2.05, 4.69) is 0 Å². The fourth-order valence-corrected chi connectivity index (χ4v) is 2.46. The van der Waals surface area contributed by atoms with Crippen molar-refractivity contribution in [2.75, 3.05) is 0 Å². The van der Waals surface area contributed by atoms with Gasteiger partial charge in [-0.3, -0.25) is 0 Å². The first-order valence-corrected chi connectivity index (χ1v) is 5.27. The Hall–Kier alpha value is -0.700. The van der Waals surface area contributed by atoms with Crippen molar-refractivity contribution >= 4 is 11.6 Å². The number of hydrogen-bond donors (Lipinski definition) is 0. The molecule has 0 saturated carbocycles. The molecule has 0 aliphatic heterocycles. The lowest BCUT2D eigenvalue weighted by atomic mass is 9.83. The van der Waals surface area contributed by atoms with Crippen LogP contribution in [0.4, 0.5) is 13.2 Å². The van der Waals surface area contributed by atoms with Gasteiger partial charge in [0.15, 0.2) is 11.6 Å². The molecule has 0 N–H and O–H groups in total. The maximum atomic E-state index is 13.5. The first-order chi connectivity index (χ1) is 7.02. The van der Waals surface area contributed by atoms with Crippen molar-refractivity contribution < 1.29 is 13.2 Å². The van der Waals surface area contributed by atoms with Gasteiger partial charge in [0.1, 0.15) is 5.82 Å². The quantitative estimate of drug-likeness (QED) is 0.464. The maximum absolute atomic E-state index is 13.5. The van der Waals surface area contributed by atoms with Crippen LogP contribution >= 0.6 is 11.6 Å². The van der Waals surface area contributed by atoms with Gasteiger partial charge < -0.3 is 0 Å². The molecular formula is C11H10ClF3. The molecule has 0 heterocycles. The monoisotopic (exact) mass is 234 g/mol. The molecule has 2 rings (SSSR count). The molecule has 1 aromatic rings. The second kappa shape index (κ2) is 3.71. The van der Waals surface area contributed by atoms with Crippen LogP contribution in [0, 0.1) is 17.5 Å². The summed E-state index contributed by atoms with van der Waals surface area (Å²) in [6.07, 6.45) is 1.25. The SMILES string of the molecule is CC1CCC(Cl)c2c(F)c(F)cc(F)c21. The molecule has 0 radical (unpaired) electrons. The zero-order valence-electron chi connectivity index (χ0n) is 8.16. The van der Waals surface area contributed by atoms with Crippen molar-refractivity contribution in [2.45, 2.75) is 31.1 Å². The van der Waals surface area contributed by atoms with E-state index < -0.39 is 22.8 Å². The van der Waals surface area contributed by atoms with Crippen molar-refractivity contribution in [3.63, 3.8) is 0 Å². The zero-order valence-corrected chi connectivity index (χ0v) is 8.91. The lowest BCUT2D eigenvalue weighted by molar-refractivity contribution is 0.449. The summed E-state index contributed by atoms with van der Waals surface area (Å²) in [7, 11) is 0. The molecule has 0 saturated heterocycles. The van der Waals surface area contributed by atoms with Crippen molar-refractivity contribution in [1.29, 1.82) is 0 Å². The fourth-order valence-electron chi connectivity index (χ4n) is 2.12. The molecule has 1 aliphatic rings. The fraction of sp³-hybridized carbons (Fsp3) is 0.455. The molecule has 0 fully saturated rings. The highest BCUT2D eigenvalue weighted by atomic mass is 35.5. The first-order valence-electron chi connectivity index (χ1n) is 4.83. The van der Waals surface area contributed by atoms with Crippen LogP contribution < -0.4 is 0 Å². The van der Waals surface area contributed by atoms with Crippen LogP contribution in [0.3, 0.4) is 0 Å². The standard InChI is InChI=1S/C11H10ClF3/c1-5-2-3-6(12)10-9(5)7(13)4-8(14)11(10)15/h4-6H,2-3H2,1H3. The van der Waals surface area contributed by atoms with Crippen LogP contribution in [0.15, 0.2) is 6.07 Å². The molecule has 15 heavy (non-hydrogen) atoms. The van der Waals surface area contributed by atoms with Crippen molar-refractivity contribution in [1.82, 2.24) is 0 Å². The summed E-state index contributed by atoms with van der Waals surface area (Å²) < 4.78 is 39.9. The van der Waals surface area contributed by atoms with Crippen LogP contribution in [-0.2, 0) is 0 Å². The van der Waals surface area contributed by atoms with Crippen molar-refractivity contribution in [2.24, 2.45) is 0 Å². The van der Waals surface area contributed by atoms with Crippen LogP contribution in [0.2, 0.25) is 0 Å². The lowest BCUT2D eigenvalue weighted by Gasteiger charge is -2.27. The van der Waals surface area contributed by atoms with Gasteiger partial charge in [-0.2, -0.15) is 0 Å². The number of fused-ring (bicyclic) bond motifs is 1. The van der Waals surface area contributed by atoms with E-state index in [-0.39, 0.29) is 17.0 Å². The van der Waals surface area contributed by atoms with Gasteiger partial charge in [0.25, 0.3) is 0 Å².